The van der Waals surface area contributed by atoms with Gasteiger partial charge in [0.2, 0.25) is 11.8 Å². The molecular formula is C21H24N4O4S. The molecule has 0 radical (unpaired) electrons. The van der Waals surface area contributed by atoms with Crippen molar-refractivity contribution in [2.75, 3.05) is 18.6 Å². The molecule has 1 unspecified atom stereocenters. The minimum Gasteiger partial charge on any atom is -0.437 e. The molecule has 3 heterocycles. The van der Waals surface area contributed by atoms with Gasteiger partial charge < -0.3 is 9.32 Å². The molecule has 8 nitrogen and oxygen atoms in total. The predicted molar refractivity (Wildman–Crippen MR) is 114 cm³/mol. The normalized spacial score (nSPS) is 18.4. The van der Waals surface area contributed by atoms with Gasteiger partial charge in [0, 0.05) is 37.0 Å². The lowest BCUT2D eigenvalue weighted by Gasteiger charge is -2.16. The Balaban J connectivity index is 1.46. The van der Waals surface area contributed by atoms with Crippen molar-refractivity contribution in [3.05, 3.63) is 53.2 Å². The molecule has 0 aliphatic carbocycles. The Hall–Kier alpha value is -2.94. The number of hydrogen-bond donors (Lipinski definition) is 0. The Morgan fingerprint density at radius 1 is 1.33 bits per heavy atom. The Morgan fingerprint density at radius 2 is 2.10 bits per heavy atom. The molecule has 0 bridgehead atoms. The molecule has 1 atom stereocenters. The molecule has 30 heavy (non-hydrogen) atoms. The smallest absolute Gasteiger partial charge is 0.246 e. The number of aryl methyl sites for hydroxylation is 1. The first-order valence-corrected chi connectivity index (χ1v) is 11.6. The van der Waals surface area contributed by atoms with Crippen molar-refractivity contribution in [3.8, 4) is 0 Å². The van der Waals surface area contributed by atoms with E-state index in [0.29, 0.717) is 24.4 Å². The van der Waals surface area contributed by atoms with E-state index in [-0.39, 0.29) is 23.5 Å². The molecule has 1 amide bonds. The number of sulfone groups is 1. The van der Waals surface area contributed by atoms with Gasteiger partial charge in [0.25, 0.3) is 0 Å². The zero-order chi connectivity index (χ0) is 21.5. The number of likely N-dealkylation sites (N-methyl/N-ethyl adjacent to an activating group) is 1. The average molecular weight is 429 g/mol. The van der Waals surface area contributed by atoms with E-state index >= 15 is 0 Å². The molecule has 1 aliphatic heterocycles. The molecule has 158 valence electrons. The summed E-state index contributed by atoms with van der Waals surface area (Å²) in [5.74, 6) is 0.508. The summed E-state index contributed by atoms with van der Waals surface area (Å²) in [5.41, 5.74) is 4.05. The summed E-state index contributed by atoms with van der Waals surface area (Å²) >= 11 is 0. The first-order chi connectivity index (χ1) is 14.2. The van der Waals surface area contributed by atoms with Crippen molar-refractivity contribution in [2.45, 2.75) is 32.9 Å². The molecule has 0 N–H and O–H groups in total. The standard InChI is InChI=1S/C21H24N4O4S/c1-14-17(15(2)25(23-14)16-10-11-30(27,28)13-16)12-24(3)21(26)9-8-20-22-18-6-4-5-7-19(18)29-20/h4-9,16H,10-13H2,1-3H3/b9-8+. The van der Waals surface area contributed by atoms with E-state index < -0.39 is 9.84 Å². The summed E-state index contributed by atoms with van der Waals surface area (Å²) in [4.78, 5) is 18.5. The zero-order valence-corrected chi connectivity index (χ0v) is 18.0. The summed E-state index contributed by atoms with van der Waals surface area (Å²) in [6.45, 7) is 4.19. The van der Waals surface area contributed by atoms with Crippen molar-refractivity contribution in [3.63, 3.8) is 0 Å². The fourth-order valence-corrected chi connectivity index (χ4v) is 5.49. The van der Waals surface area contributed by atoms with Crippen LogP contribution < -0.4 is 0 Å². The number of oxazole rings is 1. The van der Waals surface area contributed by atoms with Crippen molar-refractivity contribution < 1.29 is 17.6 Å². The average Bonchev–Trinajstić information content (AvgIpc) is 3.36. The van der Waals surface area contributed by atoms with E-state index in [1.165, 1.54) is 6.08 Å². The highest BCUT2D eigenvalue weighted by atomic mass is 32.2. The molecule has 0 spiro atoms. The van der Waals surface area contributed by atoms with Crippen LogP contribution in [0.15, 0.2) is 34.8 Å². The highest BCUT2D eigenvalue weighted by molar-refractivity contribution is 7.91. The zero-order valence-electron chi connectivity index (χ0n) is 17.2. The van der Waals surface area contributed by atoms with Crippen LogP contribution in [0.4, 0.5) is 0 Å². The van der Waals surface area contributed by atoms with Crippen LogP contribution in [0.2, 0.25) is 0 Å². The van der Waals surface area contributed by atoms with E-state index in [2.05, 4.69) is 10.1 Å². The van der Waals surface area contributed by atoms with Gasteiger partial charge in [0.1, 0.15) is 5.52 Å². The second-order valence-corrected chi connectivity index (χ2v) is 9.93. The maximum Gasteiger partial charge on any atom is 0.246 e. The maximum atomic E-state index is 12.6. The van der Waals surface area contributed by atoms with Gasteiger partial charge >= 0.3 is 0 Å². The summed E-state index contributed by atoms with van der Waals surface area (Å²) in [6, 6.07) is 7.28. The van der Waals surface area contributed by atoms with Gasteiger partial charge in [0.15, 0.2) is 15.4 Å². The fourth-order valence-electron chi connectivity index (χ4n) is 3.80. The lowest BCUT2D eigenvalue weighted by atomic mass is 10.1. The first-order valence-electron chi connectivity index (χ1n) is 9.77. The number of para-hydroxylation sites is 2. The molecule has 3 aromatic rings. The van der Waals surface area contributed by atoms with Gasteiger partial charge in [-0.2, -0.15) is 5.10 Å². The van der Waals surface area contributed by atoms with Crippen LogP contribution in [0.5, 0.6) is 0 Å². The molecule has 9 heteroatoms. The van der Waals surface area contributed by atoms with Gasteiger partial charge in [-0.1, -0.05) is 12.1 Å². The Bertz CT molecular complexity index is 1210. The molecule has 1 aromatic carbocycles. The topological polar surface area (TPSA) is 98.3 Å². The van der Waals surface area contributed by atoms with Crippen LogP contribution in [-0.4, -0.2) is 52.5 Å². The van der Waals surface area contributed by atoms with Gasteiger partial charge in [-0.15, -0.1) is 0 Å². The number of amides is 1. The minimum atomic E-state index is -2.99. The largest absolute Gasteiger partial charge is 0.437 e. The SMILES string of the molecule is Cc1nn(C2CCS(=O)(=O)C2)c(C)c1CN(C)C(=O)/C=C/c1nc2ccccc2o1. The molecular weight excluding hydrogens is 404 g/mol. The van der Waals surface area contributed by atoms with Crippen molar-refractivity contribution in [1.82, 2.24) is 19.7 Å². The summed E-state index contributed by atoms with van der Waals surface area (Å²) in [6.07, 6.45) is 3.57. The highest BCUT2D eigenvalue weighted by Crippen LogP contribution is 2.27. The summed E-state index contributed by atoms with van der Waals surface area (Å²) in [5, 5.41) is 4.56. The van der Waals surface area contributed by atoms with Gasteiger partial charge in [-0.05, 0) is 32.4 Å². The third-order valence-electron chi connectivity index (χ3n) is 5.48. The molecule has 4 rings (SSSR count). The molecule has 0 saturated carbocycles. The van der Waals surface area contributed by atoms with Crippen LogP contribution in [0.25, 0.3) is 17.2 Å². The lowest BCUT2D eigenvalue weighted by Crippen LogP contribution is -2.24. The van der Waals surface area contributed by atoms with E-state index in [1.807, 2.05) is 42.8 Å². The van der Waals surface area contributed by atoms with Crippen LogP contribution in [-0.2, 0) is 21.2 Å². The Morgan fingerprint density at radius 3 is 2.80 bits per heavy atom. The highest BCUT2D eigenvalue weighted by Gasteiger charge is 2.31. The number of nitrogens with zero attached hydrogens (tertiary/aromatic N) is 4. The Labute approximate surface area is 175 Å². The van der Waals surface area contributed by atoms with E-state index in [4.69, 9.17) is 4.42 Å². The van der Waals surface area contributed by atoms with Gasteiger partial charge in [-0.3, -0.25) is 9.48 Å². The minimum absolute atomic E-state index is 0.121. The number of aromatic nitrogens is 3. The molecule has 1 fully saturated rings. The van der Waals surface area contributed by atoms with Crippen molar-refractivity contribution >= 4 is 32.9 Å². The number of carbonyl (C=O) groups excluding carboxylic acids is 1. The van der Waals surface area contributed by atoms with E-state index in [1.54, 1.807) is 18.0 Å². The number of hydrogen-bond acceptors (Lipinski definition) is 6. The molecule has 2 aromatic heterocycles. The third kappa shape index (κ3) is 4.02. The number of rotatable bonds is 5. The molecule has 1 aliphatic rings. The van der Waals surface area contributed by atoms with Gasteiger partial charge in [-0.25, -0.2) is 13.4 Å². The van der Waals surface area contributed by atoms with E-state index in [9.17, 15) is 13.2 Å². The van der Waals surface area contributed by atoms with Gasteiger partial charge in [0.05, 0.1) is 23.2 Å². The second kappa shape index (κ2) is 7.71. The number of carbonyl (C=O) groups is 1. The lowest BCUT2D eigenvalue weighted by molar-refractivity contribution is -0.125. The molecule has 1 saturated heterocycles. The summed E-state index contributed by atoms with van der Waals surface area (Å²) < 4.78 is 31.0. The summed E-state index contributed by atoms with van der Waals surface area (Å²) in [7, 11) is -1.28. The quantitative estimate of drug-likeness (QED) is 0.580. The second-order valence-electron chi connectivity index (χ2n) is 7.70. The van der Waals surface area contributed by atoms with Crippen molar-refractivity contribution in [1.29, 1.82) is 0 Å². The maximum absolute atomic E-state index is 12.6. The number of fused-ring (bicyclic) bond motifs is 1. The fraction of sp³-hybridized carbons (Fsp3) is 0.381. The van der Waals surface area contributed by atoms with Crippen molar-refractivity contribution in [2.24, 2.45) is 0 Å². The predicted octanol–water partition coefficient (Wildman–Crippen LogP) is 2.67. The van der Waals surface area contributed by atoms with E-state index in [0.717, 1.165) is 22.5 Å². The van der Waals surface area contributed by atoms with Crippen LogP contribution in [0.1, 0.15) is 35.3 Å². The monoisotopic (exact) mass is 428 g/mol. The van der Waals surface area contributed by atoms with Crippen LogP contribution >= 0.6 is 0 Å². The van der Waals surface area contributed by atoms with Crippen LogP contribution in [0, 0.1) is 13.8 Å². The first kappa shape index (κ1) is 20.3. The van der Waals surface area contributed by atoms with Crippen LogP contribution in [0.3, 0.4) is 0 Å². The Kier molecular flexibility index (Phi) is 5.23. The number of benzene rings is 1. The third-order valence-corrected chi connectivity index (χ3v) is 7.23.